The van der Waals surface area contributed by atoms with Crippen molar-refractivity contribution < 1.29 is 19.8 Å². The maximum atomic E-state index is 11.3. The van der Waals surface area contributed by atoms with Crippen LogP contribution in [0.4, 0.5) is 0 Å². The van der Waals surface area contributed by atoms with Crippen molar-refractivity contribution in [3.63, 3.8) is 0 Å². The van der Waals surface area contributed by atoms with Crippen LogP contribution in [0.5, 0.6) is 0 Å². The van der Waals surface area contributed by atoms with Crippen molar-refractivity contribution in [2.45, 2.75) is 40.5 Å². The quantitative estimate of drug-likeness (QED) is 0.714. The number of aliphatic carboxylic acids is 2. The topological polar surface area (TPSA) is 74.6 Å². The summed E-state index contributed by atoms with van der Waals surface area (Å²) in [6.07, 6.45) is 0.683. The largest absolute Gasteiger partial charge is 0.481 e. The normalized spacial score (nSPS) is 13.9. The second-order valence-electron chi connectivity index (χ2n) is 4.23. The molecule has 0 saturated heterocycles. The summed E-state index contributed by atoms with van der Waals surface area (Å²) in [5.74, 6) is -3.03. The standard InChI is InChI=1S/C11H20O4/c1-5-11(6-2,10(14)15)8(7(3)4)9(12)13/h7-8H,5-6H2,1-4H3,(H,12,13)(H,14,15). The highest BCUT2D eigenvalue weighted by atomic mass is 16.4. The Bertz CT molecular complexity index is 241. The van der Waals surface area contributed by atoms with Crippen molar-refractivity contribution in [2.24, 2.45) is 17.3 Å². The Hall–Kier alpha value is -1.06. The van der Waals surface area contributed by atoms with E-state index in [0.29, 0.717) is 12.8 Å². The Balaban J connectivity index is 5.36. The number of carboxylic acids is 2. The molecule has 0 aromatic carbocycles. The van der Waals surface area contributed by atoms with Gasteiger partial charge in [0, 0.05) is 0 Å². The fourth-order valence-electron chi connectivity index (χ4n) is 2.28. The molecule has 0 saturated carbocycles. The van der Waals surface area contributed by atoms with E-state index in [4.69, 9.17) is 5.11 Å². The van der Waals surface area contributed by atoms with Gasteiger partial charge in [-0.3, -0.25) is 9.59 Å². The van der Waals surface area contributed by atoms with Gasteiger partial charge in [-0.2, -0.15) is 0 Å². The van der Waals surface area contributed by atoms with E-state index in [2.05, 4.69) is 0 Å². The molecule has 1 unspecified atom stereocenters. The zero-order valence-electron chi connectivity index (χ0n) is 9.78. The minimum Gasteiger partial charge on any atom is -0.481 e. The molecule has 4 heteroatoms. The number of hydrogen-bond donors (Lipinski definition) is 2. The van der Waals surface area contributed by atoms with E-state index < -0.39 is 23.3 Å². The molecule has 0 fully saturated rings. The van der Waals surface area contributed by atoms with Crippen molar-refractivity contribution in [2.75, 3.05) is 0 Å². The minimum absolute atomic E-state index is 0.182. The summed E-state index contributed by atoms with van der Waals surface area (Å²) in [5, 5.41) is 18.4. The molecule has 0 heterocycles. The zero-order chi connectivity index (χ0) is 12.2. The average molecular weight is 216 g/mol. The Labute approximate surface area is 90.3 Å². The van der Waals surface area contributed by atoms with Gasteiger partial charge >= 0.3 is 11.9 Å². The third-order valence-corrected chi connectivity index (χ3v) is 3.22. The lowest BCUT2D eigenvalue weighted by atomic mass is 9.67. The lowest BCUT2D eigenvalue weighted by molar-refractivity contribution is -0.166. The molecule has 0 rings (SSSR count). The molecule has 0 amide bonds. The summed E-state index contributed by atoms with van der Waals surface area (Å²) in [6.45, 7) is 6.97. The first-order chi connectivity index (χ1) is 6.83. The predicted molar refractivity (Wildman–Crippen MR) is 56.6 cm³/mol. The summed E-state index contributed by atoms with van der Waals surface area (Å²) < 4.78 is 0. The van der Waals surface area contributed by atoms with Crippen LogP contribution in [0.25, 0.3) is 0 Å². The number of carboxylic acid groups (broad SMARTS) is 2. The summed E-state index contributed by atoms with van der Waals surface area (Å²) in [6, 6.07) is 0. The van der Waals surface area contributed by atoms with Gasteiger partial charge in [-0.1, -0.05) is 27.7 Å². The van der Waals surface area contributed by atoms with Crippen LogP contribution in [0.1, 0.15) is 40.5 Å². The maximum Gasteiger partial charge on any atom is 0.310 e. The highest BCUT2D eigenvalue weighted by molar-refractivity contribution is 5.83. The molecule has 0 aliphatic heterocycles. The van der Waals surface area contributed by atoms with Crippen LogP contribution in [0.3, 0.4) is 0 Å². The monoisotopic (exact) mass is 216 g/mol. The first kappa shape index (κ1) is 13.9. The van der Waals surface area contributed by atoms with Gasteiger partial charge in [-0.25, -0.2) is 0 Å². The molecule has 0 spiro atoms. The van der Waals surface area contributed by atoms with E-state index in [9.17, 15) is 14.7 Å². The van der Waals surface area contributed by atoms with Crippen LogP contribution < -0.4 is 0 Å². The molecule has 0 aromatic rings. The van der Waals surface area contributed by atoms with Gasteiger partial charge in [0.05, 0.1) is 11.3 Å². The minimum atomic E-state index is -1.14. The molecule has 0 aliphatic rings. The fourth-order valence-corrected chi connectivity index (χ4v) is 2.28. The molecule has 0 radical (unpaired) electrons. The molecule has 88 valence electrons. The smallest absolute Gasteiger partial charge is 0.310 e. The van der Waals surface area contributed by atoms with Crippen LogP contribution in [0.2, 0.25) is 0 Å². The van der Waals surface area contributed by atoms with Crippen molar-refractivity contribution >= 4 is 11.9 Å². The van der Waals surface area contributed by atoms with Gasteiger partial charge in [-0.15, -0.1) is 0 Å². The third kappa shape index (κ3) is 2.49. The Kier molecular flexibility index (Phi) is 4.78. The fraction of sp³-hybridized carbons (Fsp3) is 0.818. The Morgan fingerprint density at radius 1 is 1.13 bits per heavy atom. The van der Waals surface area contributed by atoms with Crippen molar-refractivity contribution in [3.8, 4) is 0 Å². The number of rotatable bonds is 6. The van der Waals surface area contributed by atoms with E-state index in [1.807, 2.05) is 0 Å². The highest BCUT2D eigenvalue weighted by Crippen LogP contribution is 2.40. The first-order valence-corrected chi connectivity index (χ1v) is 5.29. The SMILES string of the molecule is CCC(CC)(C(=O)O)C(C(=O)O)C(C)C. The van der Waals surface area contributed by atoms with E-state index >= 15 is 0 Å². The summed E-state index contributed by atoms with van der Waals surface area (Å²) in [4.78, 5) is 22.4. The molecule has 15 heavy (non-hydrogen) atoms. The summed E-state index contributed by atoms with van der Waals surface area (Å²) >= 11 is 0. The molecule has 0 aromatic heterocycles. The molecule has 1 atom stereocenters. The van der Waals surface area contributed by atoms with Gasteiger partial charge < -0.3 is 10.2 Å². The van der Waals surface area contributed by atoms with E-state index in [1.165, 1.54) is 0 Å². The highest BCUT2D eigenvalue weighted by Gasteiger charge is 2.48. The van der Waals surface area contributed by atoms with Crippen molar-refractivity contribution in [3.05, 3.63) is 0 Å². The lowest BCUT2D eigenvalue weighted by Gasteiger charge is -2.35. The van der Waals surface area contributed by atoms with Gasteiger partial charge in [0.25, 0.3) is 0 Å². The Morgan fingerprint density at radius 2 is 1.53 bits per heavy atom. The number of hydrogen-bond acceptors (Lipinski definition) is 2. The predicted octanol–water partition coefficient (Wildman–Crippen LogP) is 2.23. The second kappa shape index (κ2) is 5.14. The van der Waals surface area contributed by atoms with Crippen LogP contribution >= 0.6 is 0 Å². The third-order valence-electron chi connectivity index (χ3n) is 3.22. The van der Waals surface area contributed by atoms with Crippen LogP contribution in [-0.4, -0.2) is 22.2 Å². The van der Waals surface area contributed by atoms with Gasteiger partial charge in [0.1, 0.15) is 0 Å². The molecule has 0 bridgehead atoms. The van der Waals surface area contributed by atoms with Crippen molar-refractivity contribution in [1.82, 2.24) is 0 Å². The Morgan fingerprint density at radius 3 is 1.60 bits per heavy atom. The maximum absolute atomic E-state index is 11.3. The average Bonchev–Trinajstić information content (AvgIpc) is 2.11. The molecular weight excluding hydrogens is 196 g/mol. The molecular formula is C11H20O4. The van der Waals surface area contributed by atoms with Gasteiger partial charge in [-0.05, 0) is 18.8 Å². The summed E-state index contributed by atoms with van der Waals surface area (Å²) in [7, 11) is 0. The lowest BCUT2D eigenvalue weighted by Crippen LogP contribution is -2.44. The molecule has 0 aliphatic carbocycles. The van der Waals surface area contributed by atoms with Crippen LogP contribution in [0, 0.1) is 17.3 Å². The zero-order valence-corrected chi connectivity index (χ0v) is 9.78. The number of carbonyl (C=O) groups is 2. The van der Waals surface area contributed by atoms with Crippen molar-refractivity contribution in [1.29, 1.82) is 0 Å². The van der Waals surface area contributed by atoms with E-state index in [1.54, 1.807) is 27.7 Å². The van der Waals surface area contributed by atoms with Crippen LogP contribution in [0.15, 0.2) is 0 Å². The van der Waals surface area contributed by atoms with Crippen LogP contribution in [-0.2, 0) is 9.59 Å². The summed E-state index contributed by atoms with van der Waals surface area (Å²) in [5.41, 5.74) is -1.14. The molecule has 2 N–H and O–H groups in total. The van der Waals surface area contributed by atoms with Gasteiger partial charge in [0.2, 0.25) is 0 Å². The second-order valence-corrected chi connectivity index (χ2v) is 4.23. The first-order valence-electron chi connectivity index (χ1n) is 5.29. The molecule has 4 nitrogen and oxygen atoms in total. The van der Waals surface area contributed by atoms with E-state index in [-0.39, 0.29) is 5.92 Å². The van der Waals surface area contributed by atoms with Gasteiger partial charge in [0.15, 0.2) is 0 Å². The van der Waals surface area contributed by atoms with E-state index in [0.717, 1.165) is 0 Å².